The van der Waals surface area contributed by atoms with Gasteiger partial charge in [-0.25, -0.2) is 4.98 Å². The number of rotatable bonds is 9. The summed E-state index contributed by atoms with van der Waals surface area (Å²) in [6.07, 6.45) is 12.6. The van der Waals surface area contributed by atoms with Crippen molar-refractivity contribution in [2.75, 3.05) is 0 Å². The Balaban J connectivity index is 0.00000578. The van der Waals surface area contributed by atoms with Gasteiger partial charge in [-0.15, -0.1) is 47.7 Å². The predicted octanol–water partition coefficient (Wildman–Crippen LogP) is 12.0. The zero-order valence-corrected chi connectivity index (χ0v) is 34.3. The van der Waals surface area contributed by atoms with Gasteiger partial charge in [0.1, 0.15) is 6.33 Å². The molecule has 0 amide bonds. The van der Waals surface area contributed by atoms with Crippen molar-refractivity contribution in [1.82, 2.24) is 14.5 Å². The van der Waals surface area contributed by atoms with Crippen molar-refractivity contribution in [3.05, 3.63) is 194 Å². The molecule has 0 spiro atoms. The number of aromatic nitrogens is 4. The summed E-state index contributed by atoms with van der Waals surface area (Å²) in [7, 11) is 0. The number of ether oxygens (including phenoxy) is 1. The molecular weight excluding hydrogens is 912 g/mol. The number of para-hydroxylation sites is 3. The summed E-state index contributed by atoms with van der Waals surface area (Å²) >= 11 is 1.80. The molecule has 6 aromatic carbocycles. The molecule has 0 bridgehead atoms. The molecule has 3 heterocycles. The summed E-state index contributed by atoms with van der Waals surface area (Å²) in [5.41, 5.74) is 5.81. The van der Waals surface area contributed by atoms with Crippen LogP contribution in [0.3, 0.4) is 0 Å². The Morgan fingerprint density at radius 3 is 2.24 bits per heavy atom. The fraction of sp³-hybridized carbons (Fsp3) is 0.118. The van der Waals surface area contributed by atoms with Gasteiger partial charge in [-0.3, -0.25) is 9.55 Å². The van der Waals surface area contributed by atoms with Crippen LogP contribution in [0.1, 0.15) is 45.6 Å². The predicted molar refractivity (Wildman–Crippen MR) is 229 cm³/mol. The van der Waals surface area contributed by atoms with Crippen LogP contribution >= 0.6 is 11.8 Å². The Morgan fingerprint density at radius 2 is 1.50 bits per heavy atom. The second-order valence-corrected chi connectivity index (χ2v) is 15.3. The SMILES string of the molecule is [2H]c1c([2H])c([2H])c(-c2cccc(-c3c([2H])c([2H])c([2H])c([2H])c3[2H])c2-[n+]2[c-]n(-c3[c-]c(Oc4[c-]c(-c5ncnc6c5SC5C(CC(C)C)=CC=CC65)ccc4)ccc3)c3ccccc32)c([2H])c1[2H].[Pt]. The summed E-state index contributed by atoms with van der Waals surface area (Å²) in [6, 6.07) is 24.6. The molecule has 2 aromatic heterocycles. The number of benzene rings is 6. The van der Waals surface area contributed by atoms with Crippen LogP contribution in [0, 0.1) is 24.4 Å². The third-order valence-electron chi connectivity index (χ3n) is 9.96. The summed E-state index contributed by atoms with van der Waals surface area (Å²) in [6.45, 7) is 4.47. The van der Waals surface area contributed by atoms with Gasteiger partial charge >= 0.3 is 0 Å². The Labute approximate surface area is 372 Å². The van der Waals surface area contributed by atoms with E-state index in [1.807, 2.05) is 48.5 Å². The first kappa shape index (κ1) is 27.8. The van der Waals surface area contributed by atoms with E-state index >= 15 is 0 Å². The molecule has 7 heteroatoms. The van der Waals surface area contributed by atoms with Crippen LogP contribution < -0.4 is 9.30 Å². The number of allylic oxidation sites excluding steroid dienone is 3. The average Bonchev–Trinajstić information content (AvgIpc) is 3.91. The summed E-state index contributed by atoms with van der Waals surface area (Å²) in [5.74, 6) is 1.50. The van der Waals surface area contributed by atoms with Crippen LogP contribution in [0.25, 0.3) is 55.9 Å². The largest absolute Gasteiger partial charge is 0.503 e. The number of hydrogen-bond acceptors (Lipinski definition) is 4. The van der Waals surface area contributed by atoms with E-state index in [1.54, 1.807) is 57.6 Å². The Morgan fingerprint density at radius 1 is 0.810 bits per heavy atom. The van der Waals surface area contributed by atoms with Gasteiger partial charge in [0.15, 0.2) is 0 Å². The van der Waals surface area contributed by atoms with Crippen molar-refractivity contribution < 1.29 is 44.1 Å². The second kappa shape index (κ2) is 16.2. The molecule has 2 atom stereocenters. The topological polar surface area (TPSA) is 43.8 Å². The van der Waals surface area contributed by atoms with Crippen LogP contribution in [0.2, 0.25) is 0 Å². The monoisotopic (exact) mass is 959 g/mol. The number of hydrogen-bond donors (Lipinski definition) is 0. The summed E-state index contributed by atoms with van der Waals surface area (Å²) < 4.78 is 96.4. The molecule has 10 rings (SSSR count). The maximum atomic E-state index is 8.97. The van der Waals surface area contributed by atoms with E-state index in [9.17, 15) is 0 Å². The molecule has 58 heavy (non-hydrogen) atoms. The normalized spacial score (nSPS) is 17.9. The number of thioether (sulfide) groups is 1. The Hall–Kier alpha value is -5.81. The first-order valence-electron chi connectivity index (χ1n) is 23.6. The third kappa shape index (κ3) is 7.06. The molecule has 0 saturated heterocycles. The van der Waals surface area contributed by atoms with Crippen LogP contribution in [-0.4, -0.2) is 19.8 Å². The molecule has 0 radical (unpaired) electrons. The van der Waals surface area contributed by atoms with Gasteiger partial charge in [0.2, 0.25) is 0 Å². The molecule has 0 N–H and O–H groups in total. The molecule has 2 unspecified atom stereocenters. The van der Waals surface area contributed by atoms with E-state index in [4.69, 9.17) is 28.4 Å². The van der Waals surface area contributed by atoms with Crippen LogP contribution in [-0.2, 0) is 21.1 Å². The maximum absolute atomic E-state index is 8.97. The van der Waals surface area contributed by atoms with Crippen LogP contribution in [0.5, 0.6) is 11.5 Å². The number of fused-ring (bicyclic) bond motifs is 4. The zero-order chi connectivity index (χ0) is 47.0. The molecule has 8 aromatic rings. The van der Waals surface area contributed by atoms with E-state index in [1.165, 1.54) is 5.57 Å². The van der Waals surface area contributed by atoms with Crippen molar-refractivity contribution in [3.63, 3.8) is 0 Å². The zero-order valence-electron chi connectivity index (χ0n) is 41.2. The van der Waals surface area contributed by atoms with Crippen molar-refractivity contribution in [2.45, 2.75) is 36.3 Å². The smallest absolute Gasteiger partial charge is 0.268 e. The Bertz CT molecular complexity index is 3290. The minimum atomic E-state index is -0.570. The molecule has 0 fully saturated rings. The van der Waals surface area contributed by atoms with Crippen LogP contribution in [0.4, 0.5) is 0 Å². The average molecular weight is 960 g/mol. The minimum absolute atomic E-state index is 0. The molecule has 1 aliphatic carbocycles. The van der Waals surface area contributed by atoms with Gasteiger partial charge in [-0.2, -0.15) is 12.1 Å². The standard InChI is InChI=1S/C51H38N4OS.Pt/c1-34(2)29-38-20-12-26-44-48-51(57-50(38)44)47(52-32-53-48)37-19-11-22-40(30-37)56-41-23-13-21-39(31-41)54-33-55(46-28-10-9-27-45(46)54)49-42(35-15-5-3-6-16-35)24-14-25-43(49)36-17-7-4-8-18-36;/h3-28,32,34,44,50H,29H2,1-2H3;/q-2;/i3D,4D,5D,6D,7D,8D,15D,16D,17D,18D;. The van der Waals surface area contributed by atoms with Crippen molar-refractivity contribution in [1.29, 1.82) is 0 Å². The first-order chi connectivity index (χ1) is 32.2. The van der Waals surface area contributed by atoms with Gasteiger partial charge in [0.05, 0.1) is 36.1 Å². The van der Waals surface area contributed by atoms with Gasteiger partial charge in [-0.05, 0) is 40.3 Å². The quantitative estimate of drug-likeness (QED) is 0.107. The van der Waals surface area contributed by atoms with E-state index in [-0.39, 0.29) is 60.2 Å². The molecule has 0 saturated carbocycles. The van der Waals surface area contributed by atoms with E-state index in [0.717, 1.165) is 28.3 Å². The van der Waals surface area contributed by atoms with Crippen molar-refractivity contribution >= 4 is 22.8 Å². The van der Waals surface area contributed by atoms with E-state index in [2.05, 4.69) is 50.5 Å². The van der Waals surface area contributed by atoms with E-state index in [0.29, 0.717) is 34.1 Å². The molecule has 1 aliphatic heterocycles. The number of imidazole rings is 1. The van der Waals surface area contributed by atoms with Gasteiger partial charge in [0, 0.05) is 54.3 Å². The van der Waals surface area contributed by atoms with Crippen molar-refractivity contribution in [2.24, 2.45) is 5.92 Å². The summed E-state index contributed by atoms with van der Waals surface area (Å²) in [4.78, 5) is 10.5. The molecule has 5 nitrogen and oxygen atoms in total. The maximum Gasteiger partial charge on any atom is 0.268 e. The van der Waals surface area contributed by atoms with Gasteiger partial charge in [0.25, 0.3) is 6.33 Å². The fourth-order valence-electron chi connectivity index (χ4n) is 7.58. The van der Waals surface area contributed by atoms with Gasteiger partial charge < -0.3 is 9.30 Å². The first-order valence-corrected chi connectivity index (χ1v) is 19.5. The molecular formula is C51H38N4OPtS-2. The van der Waals surface area contributed by atoms with E-state index < -0.39 is 60.4 Å². The van der Waals surface area contributed by atoms with Gasteiger partial charge in [-0.1, -0.05) is 147 Å². The number of nitrogens with zero attached hydrogens (tertiary/aromatic N) is 4. The Kier molecular flexibility index (Phi) is 7.76. The third-order valence-corrected chi connectivity index (χ3v) is 11.4. The molecule has 286 valence electrons. The second-order valence-electron chi connectivity index (χ2n) is 14.1. The van der Waals surface area contributed by atoms with Crippen LogP contribution in [0.15, 0.2) is 174 Å². The summed E-state index contributed by atoms with van der Waals surface area (Å²) in [5, 5.41) is 0.260. The fourth-order valence-corrected chi connectivity index (χ4v) is 9.11. The molecule has 2 aliphatic rings. The minimum Gasteiger partial charge on any atom is -0.503 e. The van der Waals surface area contributed by atoms with Crippen molar-refractivity contribution in [3.8, 4) is 56.4 Å².